The number of ether oxygens (including phenoxy) is 2. The molecule has 3 aromatic carbocycles. The molecule has 0 aromatic heterocycles. The standard InChI is InChI=1S/C27H28N2O4/c1-27(2,3)26(31)33-17-25(30)29-24(19-11-13-22(32-4)14-12-19)16-23(28-29)21-10-9-18-7-5-6-8-20(18)15-21/h5-15,24H,16-17H2,1-4H3. The first-order chi connectivity index (χ1) is 15.8. The van der Waals surface area contributed by atoms with E-state index in [1.54, 1.807) is 27.9 Å². The number of hydrogen-bond donors (Lipinski definition) is 0. The Morgan fingerprint density at radius 3 is 2.36 bits per heavy atom. The Bertz CT molecular complexity index is 1210. The van der Waals surface area contributed by atoms with Crippen LogP contribution in [0.5, 0.6) is 5.75 Å². The fourth-order valence-corrected chi connectivity index (χ4v) is 3.78. The van der Waals surface area contributed by atoms with Crippen LogP contribution in [0.2, 0.25) is 0 Å². The van der Waals surface area contributed by atoms with Crippen molar-refractivity contribution < 1.29 is 19.1 Å². The van der Waals surface area contributed by atoms with Crippen LogP contribution >= 0.6 is 0 Å². The number of nitrogens with zero attached hydrogens (tertiary/aromatic N) is 2. The maximum atomic E-state index is 13.1. The molecule has 0 radical (unpaired) electrons. The topological polar surface area (TPSA) is 68.2 Å². The van der Waals surface area contributed by atoms with E-state index in [1.165, 1.54) is 5.01 Å². The molecular formula is C27H28N2O4. The number of carbonyl (C=O) groups is 2. The summed E-state index contributed by atoms with van der Waals surface area (Å²) in [6.45, 7) is 4.92. The molecule has 0 N–H and O–H groups in total. The third-order valence-electron chi connectivity index (χ3n) is 5.69. The van der Waals surface area contributed by atoms with E-state index in [1.807, 2.05) is 42.5 Å². The van der Waals surface area contributed by atoms with E-state index in [9.17, 15) is 9.59 Å². The summed E-state index contributed by atoms with van der Waals surface area (Å²) in [6, 6.07) is 21.6. The summed E-state index contributed by atoms with van der Waals surface area (Å²) >= 11 is 0. The molecule has 0 spiro atoms. The van der Waals surface area contributed by atoms with E-state index in [0.29, 0.717) is 6.42 Å². The quantitative estimate of drug-likeness (QED) is 0.513. The molecule has 1 amide bonds. The Kier molecular flexibility index (Phi) is 6.18. The summed E-state index contributed by atoms with van der Waals surface area (Å²) in [4.78, 5) is 25.3. The normalized spacial score (nSPS) is 15.9. The van der Waals surface area contributed by atoms with Crippen LogP contribution < -0.4 is 4.74 Å². The lowest BCUT2D eigenvalue weighted by atomic mass is 9.97. The van der Waals surface area contributed by atoms with Gasteiger partial charge in [0.2, 0.25) is 0 Å². The minimum absolute atomic E-state index is 0.293. The average Bonchev–Trinajstić information content (AvgIpc) is 3.27. The van der Waals surface area contributed by atoms with E-state index >= 15 is 0 Å². The number of methoxy groups -OCH3 is 1. The van der Waals surface area contributed by atoms with Crippen LogP contribution in [0.15, 0.2) is 71.8 Å². The largest absolute Gasteiger partial charge is 0.497 e. The number of benzene rings is 3. The molecule has 0 saturated carbocycles. The van der Waals surface area contributed by atoms with Gasteiger partial charge in [0.25, 0.3) is 5.91 Å². The molecule has 0 fully saturated rings. The van der Waals surface area contributed by atoms with E-state index in [4.69, 9.17) is 9.47 Å². The van der Waals surface area contributed by atoms with Gasteiger partial charge in [0, 0.05) is 6.42 Å². The summed E-state index contributed by atoms with van der Waals surface area (Å²) in [5.41, 5.74) is 2.04. The molecule has 33 heavy (non-hydrogen) atoms. The first-order valence-electron chi connectivity index (χ1n) is 11.0. The Morgan fingerprint density at radius 1 is 1.00 bits per heavy atom. The minimum atomic E-state index is -0.680. The number of amides is 1. The van der Waals surface area contributed by atoms with Gasteiger partial charge in [-0.3, -0.25) is 9.59 Å². The lowest BCUT2D eigenvalue weighted by Crippen LogP contribution is -2.33. The average molecular weight is 445 g/mol. The first kappa shape index (κ1) is 22.5. The Labute approximate surface area is 193 Å². The highest BCUT2D eigenvalue weighted by atomic mass is 16.5. The third-order valence-corrected chi connectivity index (χ3v) is 5.69. The monoisotopic (exact) mass is 444 g/mol. The van der Waals surface area contributed by atoms with Crippen LogP contribution in [-0.4, -0.2) is 36.3 Å². The first-order valence-corrected chi connectivity index (χ1v) is 11.0. The zero-order chi connectivity index (χ0) is 23.6. The molecule has 1 atom stereocenters. The second kappa shape index (κ2) is 9.06. The fourth-order valence-electron chi connectivity index (χ4n) is 3.78. The van der Waals surface area contributed by atoms with Crippen molar-refractivity contribution in [3.05, 3.63) is 77.9 Å². The SMILES string of the molecule is COc1ccc(C2CC(c3ccc4ccccc4c3)=NN2C(=O)COC(=O)C(C)(C)C)cc1. The van der Waals surface area contributed by atoms with Crippen molar-refractivity contribution in [1.82, 2.24) is 5.01 Å². The van der Waals surface area contributed by atoms with Crippen LogP contribution in [0.3, 0.4) is 0 Å². The van der Waals surface area contributed by atoms with Crippen molar-refractivity contribution in [2.24, 2.45) is 10.5 Å². The van der Waals surface area contributed by atoms with E-state index < -0.39 is 11.4 Å². The number of esters is 1. The Morgan fingerprint density at radius 2 is 1.70 bits per heavy atom. The van der Waals surface area contributed by atoms with Crippen LogP contribution in [-0.2, 0) is 14.3 Å². The van der Waals surface area contributed by atoms with Crippen molar-refractivity contribution in [3.8, 4) is 5.75 Å². The van der Waals surface area contributed by atoms with E-state index in [2.05, 4.69) is 29.4 Å². The molecule has 0 saturated heterocycles. The molecule has 0 bridgehead atoms. The molecule has 3 aromatic rings. The smallest absolute Gasteiger partial charge is 0.311 e. The maximum absolute atomic E-state index is 13.1. The molecule has 1 heterocycles. The highest BCUT2D eigenvalue weighted by Gasteiger charge is 2.34. The number of carbonyl (C=O) groups excluding carboxylic acids is 2. The Balaban J connectivity index is 1.63. The van der Waals surface area contributed by atoms with Crippen molar-refractivity contribution >= 4 is 28.4 Å². The highest BCUT2D eigenvalue weighted by molar-refractivity contribution is 6.05. The van der Waals surface area contributed by atoms with Gasteiger partial charge in [-0.2, -0.15) is 5.10 Å². The van der Waals surface area contributed by atoms with Gasteiger partial charge in [0.1, 0.15) is 5.75 Å². The van der Waals surface area contributed by atoms with Gasteiger partial charge in [0.15, 0.2) is 6.61 Å². The van der Waals surface area contributed by atoms with Gasteiger partial charge in [-0.1, -0.05) is 48.5 Å². The molecule has 1 unspecified atom stereocenters. The lowest BCUT2D eigenvalue weighted by molar-refractivity contribution is -0.159. The van der Waals surface area contributed by atoms with Gasteiger partial charge in [0.05, 0.1) is 24.3 Å². The molecular weight excluding hydrogens is 416 g/mol. The number of hydrazone groups is 1. The predicted octanol–water partition coefficient (Wildman–Crippen LogP) is 5.12. The summed E-state index contributed by atoms with van der Waals surface area (Å²) in [5, 5.41) is 8.39. The van der Waals surface area contributed by atoms with Gasteiger partial charge < -0.3 is 9.47 Å². The zero-order valence-electron chi connectivity index (χ0n) is 19.4. The van der Waals surface area contributed by atoms with Gasteiger partial charge in [-0.15, -0.1) is 0 Å². The number of rotatable bonds is 5. The van der Waals surface area contributed by atoms with Gasteiger partial charge in [-0.05, 0) is 60.9 Å². The van der Waals surface area contributed by atoms with Crippen LogP contribution in [0.25, 0.3) is 10.8 Å². The molecule has 4 rings (SSSR count). The van der Waals surface area contributed by atoms with Crippen LogP contribution in [0.4, 0.5) is 0 Å². The Hall–Kier alpha value is -3.67. The van der Waals surface area contributed by atoms with Crippen molar-refractivity contribution in [2.45, 2.75) is 33.2 Å². The molecule has 0 aliphatic carbocycles. The van der Waals surface area contributed by atoms with E-state index in [-0.39, 0.29) is 18.6 Å². The van der Waals surface area contributed by atoms with Gasteiger partial charge >= 0.3 is 5.97 Å². The molecule has 1 aliphatic rings. The molecule has 6 nitrogen and oxygen atoms in total. The maximum Gasteiger partial charge on any atom is 0.311 e. The van der Waals surface area contributed by atoms with Gasteiger partial charge in [-0.25, -0.2) is 5.01 Å². The van der Waals surface area contributed by atoms with E-state index in [0.717, 1.165) is 33.4 Å². The summed E-state index contributed by atoms with van der Waals surface area (Å²) in [7, 11) is 1.62. The molecule has 6 heteroatoms. The van der Waals surface area contributed by atoms with Crippen molar-refractivity contribution in [3.63, 3.8) is 0 Å². The van der Waals surface area contributed by atoms with Crippen LogP contribution in [0.1, 0.15) is 44.4 Å². The molecule has 1 aliphatic heterocycles. The van der Waals surface area contributed by atoms with Crippen LogP contribution in [0, 0.1) is 5.41 Å². The summed E-state index contributed by atoms with van der Waals surface area (Å²) in [5.74, 6) is -0.0385. The number of hydrogen-bond acceptors (Lipinski definition) is 5. The summed E-state index contributed by atoms with van der Waals surface area (Å²) in [6.07, 6.45) is 0.559. The number of fused-ring (bicyclic) bond motifs is 1. The molecule has 170 valence electrons. The van der Waals surface area contributed by atoms with Crippen molar-refractivity contribution in [2.75, 3.05) is 13.7 Å². The second-order valence-electron chi connectivity index (χ2n) is 9.17. The zero-order valence-corrected chi connectivity index (χ0v) is 19.4. The second-order valence-corrected chi connectivity index (χ2v) is 9.17. The predicted molar refractivity (Wildman–Crippen MR) is 128 cm³/mol. The third kappa shape index (κ3) is 4.90. The lowest BCUT2D eigenvalue weighted by Gasteiger charge is -2.23. The fraction of sp³-hybridized carbons (Fsp3) is 0.296. The minimum Gasteiger partial charge on any atom is -0.497 e. The summed E-state index contributed by atoms with van der Waals surface area (Å²) < 4.78 is 10.5. The van der Waals surface area contributed by atoms with Crippen molar-refractivity contribution in [1.29, 1.82) is 0 Å². The highest BCUT2D eigenvalue weighted by Crippen LogP contribution is 2.34.